The molecule has 2 aromatic heterocycles. The van der Waals surface area contributed by atoms with Crippen LogP contribution in [0.2, 0.25) is 0 Å². The average molecular weight is 340 g/mol. The van der Waals surface area contributed by atoms with E-state index in [4.69, 9.17) is 0 Å². The molecule has 130 valence electrons. The van der Waals surface area contributed by atoms with Gasteiger partial charge in [0.1, 0.15) is 0 Å². The topological polar surface area (TPSA) is 91.6 Å². The summed E-state index contributed by atoms with van der Waals surface area (Å²) in [4.78, 5) is 30.4. The van der Waals surface area contributed by atoms with Crippen LogP contribution in [0, 0.1) is 11.8 Å². The Morgan fingerprint density at radius 2 is 2.04 bits per heavy atom. The summed E-state index contributed by atoms with van der Waals surface area (Å²) in [7, 11) is 0. The summed E-state index contributed by atoms with van der Waals surface area (Å²) >= 11 is 0. The van der Waals surface area contributed by atoms with E-state index in [1.807, 2.05) is 6.07 Å². The number of nitrogens with zero attached hydrogens (tertiary/aromatic N) is 4. The van der Waals surface area contributed by atoms with Crippen molar-refractivity contribution < 1.29 is 9.59 Å². The minimum atomic E-state index is -0.481. The number of aromatic nitrogens is 3. The molecule has 2 aromatic rings. The van der Waals surface area contributed by atoms with Crippen LogP contribution in [0.3, 0.4) is 0 Å². The van der Waals surface area contributed by atoms with Gasteiger partial charge in [0, 0.05) is 32.0 Å². The minimum absolute atomic E-state index is 0.266. The molecule has 2 saturated heterocycles. The Balaban J connectivity index is 1.51. The van der Waals surface area contributed by atoms with E-state index >= 15 is 0 Å². The molecule has 1 aliphatic carbocycles. The highest BCUT2D eigenvalue weighted by atomic mass is 16.2. The zero-order valence-corrected chi connectivity index (χ0v) is 13.8. The molecule has 2 aliphatic heterocycles. The summed E-state index contributed by atoms with van der Waals surface area (Å²) in [6, 6.07) is 1.52. The fraction of sp³-hybridized carbons (Fsp3) is 0.529. The second-order valence-electron chi connectivity index (χ2n) is 7.23. The Hall–Kier alpha value is -2.64. The normalized spacial score (nSPS) is 26.8. The first-order chi connectivity index (χ1) is 12.2. The Morgan fingerprint density at radius 3 is 2.84 bits per heavy atom. The number of anilines is 1. The van der Waals surface area contributed by atoms with Gasteiger partial charge in [0.05, 0.1) is 17.3 Å². The third-order valence-corrected chi connectivity index (χ3v) is 5.59. The highest BCUT2D eigenvalue weighted by Crippen LogP contribution is 2.42. The lowest BCUT2D eigenvalue weighted by Crippen LogP contribution is -2.51. The second-order valence-corrected chi connectivity index (χ2v) is 7.23. The number of carbonyl (C=O) groups is 2. The molecule has 1 saturated carbocycles. The first-order valence-corrected chi connectivity index (χ1v) is 8.87. The van der Waals surface area contributed by atoms with Crippen molar-refractivity contribution in [2.45, 2.75) is 25.2 Å². The SMILES string of the molecule is O=C1NCC(c2cc(N3CCC(C4CC4)C3)c3nccn3n2)C(=O)N1. The van der Waals surface area contributed by atoms with Gasteiger partial charge in [-0.25, -0.2) is 14.3 Å². The maximum absolute atomic E-state index is 12.2. The van der Waals surface area contributed by atoms with Gasteiger partial charge in [0.25, 0.3) is 0 Å². The van der Waals surface area contributed by atoms with Crippen molar-refractivity contribution in [3.8, 4) is 0 Å². The van der Waals surface area contributed by atoms with Gasteiger partial charge in [-0.3, -0.25) is 10.1 Å². The van der Waals surface area contributed by atoms with Crippen molar-refractivity contribution >= 4 is 23.3 Å². The zero-order chi connectivity index (χ0) is 17.0. The van der Waals surface area contributed by atoms with Crippen LogP contribution in [0.25, 0.3) is 5.65 Å². The molecule has 4 heterocycles. The molecular formula is C17H20N6O2. The van der Waals surface area contributed by atoms with Crippen LogP contribution in [0.1, 0.15) is 30.9 Å². The number of rotatable bonds is 3. The van der Waals surface area contributed by atoms with Crippen LogP contribution in [-0.2, 0) is 4.79 Å². The maximum Gasteiger partial charge on any atom is 0.321 e. The van der Waals surface area contributed by atoms with Crippen molar-refractivity contribution in [1.29, 1.82) is 0 Å². The summed E-state index contributed by atoms with van der Waals surface area (Å²) in [5.41, 5.74) is 2.51. The summed E-state index contributed by atoms with van der Waals surface area (Å²) in [6.07, 6.45) is 7.47. The van der Waals surface area contributed by atoms with Gasteiger partial charge in [-0.1, -0.05) is 0 Å². The molecule has 25 heavy (non-hydrogen) atoms. The monoisotopic (exact) mass is 340 g/mol. The number of imidazole rings is 1. The van der Waals surface area contributed by atoms with E-state index in [1.54, 1.807) is 16.9 Å². The van der Waals surface area contributed by atoms with Crippen molar-refractivity contribution in [3.05, 3.63) is 24.2 Å². The average Bonchev–Trinajstić information content (AvgIpc) is 3.14. The van der Waals surface area contributed by atoms with E-state index in [1.165, 1.54) is 19.3 Å². The van der Waals surface area contributed by atoms with E-state index in [-0.39, 0.29) is 12.5 Å². The zero-order valence-electron chi connectivity index (χ0n) is 13.8. The van der Waals surface area contributed by atoms with Crippen molar-refractivity contribution in [3.63, 3.8) is 0 Å². The summed E-state index contributed by atoms with van der Waals surface area (Å²) < 4.78 is 1.73. The molecule has 3 fully saturated rings. The fourth-order valence-electron chi connectivity index (χ4n) is 4.05. The highest BCUT2D eigenvalue weighted by Gasteiger charge is 2.37. The Morgan fingerprint density at radius 1 is 1.16 bits per heavy atom. The van der Waals surface area contributed by atoms with Crippen molar-refractivity contribution in [1.82, 2.24) is 25.2 Å². The lowest BCUT2D eigenvalue weighted by molar-refractivity contribution is -0.122. The Bertz CT molecular complexity index is 858. The molecule has 5 rings (SSSR count). The minimum Gasteiger partial charge on any atom is -0.368 e. The highest BCUT2D eigenvalue weighted by molar-refractivity contribution is 6.00. The molecule has 2 atom stereocenters. The first kappa shape index (κ1) is 14.7. The number of imide groups is 1. The molecular weight excluding hydrogens is 320 g/mol. The fourth-order valence-corrected chi connectivity index (χ4v) is 4.05. The third kappa shape index (κ3) is 2.52. The van der Waals surface area contributed by atoms with Gasteiger partial charge >= 0.3 is 6.03 Å². The summed E-state index contributed by atoms with van der Waals surface area (Å²) in [5, 5.41) is 9.54. The number of carbonyl (C=O) groups excluding carboxylic acids is 2. The largest absolute Gasteiger partial charge is 0.368 e. The van der Waals surface area contributed by atoms with Gasteiger partial charge in [-0.2, -0.15) is 5.10 Å². The number of urea groups is 1. The quantitative estimate of drug-likeness (QED) is 0.866. The summed E-state index contributed by atoms with van der Waals surface area (Å²) in [6.45, 7) is 2.33. The smallest absolute Gasteiger partial charge is 0.321 e. The van der Waals surface area contributed by atoms with Gasteiger partial charge in [0.15, 0.2) is 5.65 Å². The number of fused-ring (bicyclic) bond motifs is 1. The summed E-state index contributed by atoms with van der Waals surface area (Å²) in [5.74, 6) is 0.870. The van der Waals surface area contributed by atoms with Crippen LogP contribution >= 0.6 is 0 Å². The standard InChI is InChI=1S/C17H20N6O2/c24-16-12(8-19-17(25)20-16)13-7-14(15-18-4-6-23(15)21-13)22-5-3-11(9-22)10-1-2-10/h4,6-7,10-12H,1-3,5,8-9H2,(H2,19,20,24,25). The van der Waals surface area contributed by atoms with Crippen LogP contribution in [0.15, 0.2) is 18.5 Å². The molecule has 8 nitrogen and oxygen atoms in total. The number of nitrogens with one attached hydrogen (secondary N) is 2. The maximum atomic E-state index is 12.2. The molecule has 0 bridgehead atoms. The van der Waals surface area contributed by atoms with Gasteiger partial charge < -0.3 is 10.2 Å². The molecule has 0 aromatic carbocycles. The van der Waals surface area contributed by atoms with Crippen molar-refractivity contribution in [2.24, 2.45) is 11.8 Å². The van der Waals surface area contributed by atoms with Crippen molar-refractivity contribution in [2.75, 3.05) is 24.5 Å². The van der Waals surface area contributed by atoms with E-state index in [9.17, 15) is 9.59 Å². The Labute approximate surface area is 144 Å². The molecule has 8 heteroatoms. The molecule has 0 spiro atoms. The van der Waals surface area contributed by atoms with E-state index in [2.05, 4.69) is 25.6 Å². The number of hydrogen-bond acceptors (Lipinski definition) is 5. The van der Waals surface area contributed by atoms with Gasteiger partial charge in [-0.05, 0) is 37.2 Å². The van der Waals surface area contributed by atoms with Crippen LogP contribution in [0.5, 0.6) is 0 Å². The third-order valence-electron chi connectivity index (χ3n) is 5.59. The predicted octanol–water partition coefficient (Wildman–Crippen LogP) is 0.889. The van der Waals surface area contributed by atoms with E-state index in [0.717, 1.165) is 36.3 Å². The predicted molar refractivity (Wildman–Crippen MR) is 90.3 cm³/mol. The molecule has 0 radical (unpaired) electrons. The van der Waals surface area contributed by atoms with Crippen LogP contribution in [0.4, 0.5) is 10.5 Å². The van der Waals surface area contributed by atoms with Crippen LogP contribution < -0.4 is 15.5 Å². The molecule has 3 amide bonds. The van der Waals surface area contributed by atoms with E-state index < -0.39 is 11.9 Å². The first-order valence-electron chi connectivity index (χ1n) is 8.87. The number of amides is 3. The second kappa shape index (κ2) is 5.44. The van der Waals surface area contributed by atoms with Gasteiger partial charge in [-0.15, -0.1) is 0 Å². The molecule has 2 N–H and O–H groups in total. The Kier molecular flexibility index (Phi) is 3.19. The van der Waals surface area contributed by atoms with Gasteiger partial charge in [0.2, 0.25) is 5.91 Å². The van der Waals surface area contributed by atoms with Crippen LogP contribution in [-0.4, -0.2) is 46.2 Å². The van der Waals surface area contributed by atoms with E-state index in [0.29, 0.717) is 5.69 Å². The molecule has 2 unspecified atom stereocenters. The number of hydrogen-bond donors (Lipinski definition) is 2. The lowest BCUT2D eigenvalue weighted by Gasteiger charge is -2.24. The lowest BCUT2D eigenvalue weighted by atomic mass is 10.0. The molecule has 3 aliphatic rings.